The average molecular weight is 203 g/mol. The van der Waals surface area contributed by atoms with E-state index in [1.165, 1.54) is 17.7 Å². The molecule has 0 fully saturated rings. The zero-order valence-electron chi connectivity index (χ0n) is 8.70. The van der Waals surface area contributed by atoms with Crippen LogP contribution in [0.4, 0.5) is 4.39 Å². The average Bonchev–Trinajstić information content (AvgIpc) is 2.19. The first-order chi connectivity index (χ1) is 6.75. The Balaban J connectivity index is 0.00000112. The maximum atomic E-state index is 12.7. The van der Waals surface area contributed by atoms with Crippen LogP contribution >= 0.6 is 0 Å². The standard InChI is InChI=1S/C13H11F.H3N/c1-10-3-2-4-12(9-10)11-5-7-13(14)8-6-11;/h2-9H,1H3;1H3. The summed E-state index contributed by atoms with van der Waals surface area (Å²) in [5.41, 5.74) is 3.40. The molecule has 78 valence electrons. The van der Waals surface area contributed by atoms with Crippen LogP contribution in [0, 0.1) is 12.7 Å². The van der Waals surface area contributed by atoms with Gasteiger partial charge in [-0.2, -0.15) is 0 Å². The third-order valence-corrected chi connectivity index (χ3v) is 2.20. The van der Waals surface area contributed by atoms with Crippen molar-refractivity contribution in [2.24, 2.45) is 0 Å². The van der Waals surface area contributed by atoms with Crippen molar-refractivity contribution < 1.29 is 4.39 Å². The van der Waals surface area contributed by atoms with Crippen molar-refractivity contribution in [3.8, 4) is 11.1 Å². The molecule has 2 rings (SSSR count). The van der Waals surface area contributed by atoms with Crippen LogP contribution in [-0.4, -0.2) is 0 Å². The molecule has 0 atom stereocenters. The van der Waals surface area contributed by atoms with E-state index >= 15 is 0 Å². The van der Waals surface area contributed by atoms with Crippen molar-refractivity contribution >= 4 is 0 Å². The molecule has 15 heavy (non-hydrogen) atoms. The fourth-order valence-corrected chi connectivity index (χ4v) is 1.47. The van der Waals surface area contributed by atoms with E-state index in [1.54, 1.807) is 12.1 Å². The van der Waals surface area contributed by atoms with Gasteiger partial charge in [0, 0.05) is 0 Å². The zero-order chi connectivity index (χ0) is 9.97. The van der Waals surface area contributed by atoms with Crippen LogP contribution in [0.5, 0.6) is 0 Å². The summed E-state index contributed by atoms with van der Waals surface area (Å²) < 4.78 is 12.7. The first kappa shape index (κ1) is 11.4. The minimum absolute atomic E-state index is 0. The first-order valence-corrected chi connectivity index (χ1v) is 4.58. The van der Waals surface area contributed by atoms with Gasteiger partial charge in [0.2, 0.25) is 0 Å². The predicted molar refractivity (Wildman–Crippen MR) is 61.6 cm³/mol. The summed E-state index contributed by atoms with van der Waals surface area (Å²) in [6.07, 6.45) is 0. The van der Waals surface area contributed by atoms with E-state index in [9.17, 15) is 4.39 Å². The number of halogens is 1. The van der Waals surface area contributed by atoms with Gasteiger partial charge in [-0.15, -0.1) is 0 Å². The summed E-state index contributed by atoms with van der Waals surface area (Å²) in [4.78, 5) is 0. The summed E-state index contributed by atoms with van der Waals surface area (Å²) in [6.45, 7) is 2.05. The quantitative estimate of drug-likeness (QED) is 0.747. The molecule has 0 bridgehead atoms. The van der Waals surface area contributed by atoms with Crippen LogP contribution in [-0.2, 0) is 0 Å². The van der Waals surface area contributed by atoms with Gasteiger partial charge in [0.1, 0.15) is 5.82 Å². The summed E-state index contributed by atoms with van der Waals surface area (Å²) in [6, 6.07) is 14.7. The molecule has 0 aliphatic heterocycles. The summed E-state index contributed by atoms with van der Waals surface area (Å²) in [5, 5.41) is 0. The molecule has 2 aromatic rings. The Bertz CT molecular complexity index is 435. The van der Waals surface area contributed by atoms with E-state index in [-0.39, 0.29) is 12.0 Å². The molecule has 0 saturated heterocycles. The third kappa shape index (κ3) is 2.64. The smallest absolute Gasteiger partial charge is 0.123 e. The van der Waals surface area contributed by atoms with Gasteiger partial charge in [-0.25, -0.2) is 4.39 Å². The lowest BCUT2D eigenvalue weighted by Gasteiger charge is -2.02. The first-order valence-electron chi connectivity index (χ1n) is 4.58. The molecule has 0 aromatic heterocycles. The van der Waals surface area contributed by atoms with Gasteiger partial charge in [0.15, 0.2) is 0 Å². The summed E-state index contributed by atoms with van der Waals surface area (Å²) >= 11 is 0. The molecule has 0 spiro atoms. The van der Waals surface area contributed by atoms with Crippen LogP contribution in [0.25, 0.3) is 11.1 Å². The van der Waals surface area contributed by atoms with Gasteiger partial charge in [-0.3, -0.25) is 0 Å². The minimum atomic E-state index is -0.193. The largest absolute Gasteiger partial charge is 0.344 e. The molecular formula is C13H14FN. The molecule has 0 amide bonds. The van der Waals surface area contributed by atoms with E-state index in [0.29, 0.717) is 0 Å². The highest BCUT2D eigenvalue weighted by molar-refractivity contribution is 5.63. The minimum Gasteiger partial charge on any atom is -0.344 e. The highest BCUT2D eigenvalue weighted by Gasteiger charge is 1.97. The Morgan fingerprint density at radius 2 is 1.53 bits per heavy atom. The van der Waals surface area contributed by atoms with Crippen molar-refractivity contribution in [2.75, 3.05) is 0 Å². The molecule has 0 saturated carbocycles. The number of hydrogen-bond acceptors (Lipinski definition) is 1. The Hall–Kier alpha value is -1.67. The number of benzene rings is 2. The van der Waals surface area contributed by atoms with Crippen molar-refractivity contribution in [3.05, 3.63) is 59.9 Å². The predicted octanol–water partition coefficient (Wildman–Crippen LogP) is 3.96. The van der Waals surface area contributed by atoms with E-state index < -0.39 is 0 Å². The van der Waals surface area contributed by atoms with Crippen LogP contribution in [0.3, 0.4) is 0 Å². The molecule has 0 aliphatic rings. The Labute approximate surface area is 89.2 Å². The van der Waals surface area contributed by atoms with Gasteiger partial charge < -0.3 is 6.15 Å². The number of rotatable bonds is 1. The molecule has 3 N–H and O–H groups in total. The van der Waals surface area contributed by atoms with E-state index in [4.69, 9.17) is 0 Å². The molecule has 2 heteroatoms. The lowest BCUT2D eigenvalue weighted by Crippen LogP contribution is -1.79. The highest BCUT2D eigenvalue weighted by atomic mass is 19.1. The van der Waals surface area contributed by atoms with Gasteiger partial charge in [-0.05, 0) is 30.2 Å². The second-order valence-corrected chi connectivity index (χ2v) is 3.38. The van der Waals surface area contributed by atoms with Crippen molar-refractivity contribution in [3.63, 3.8) is 0 Å². The van der Waals surface area contributed by atoms with E-state index in [2.05, 4.69) is 6.07 Å². The maximum absolute atomic E-state index is 12.7. The monoisotopic (exact) mass is 203 g/mol. The fraction of sp³-hybridized carbons (Fsp3) is 0.0769. The maximum Gasteiger partial charge on any atom is 0.123 e. The lowest BCUT2D eigenvalue weighted by atomic mass is 10.0. The molecule has 0 heterocycles. The lowest BCUT2D eigenvalue weighted by molar-refractivity contribution is 0.628. The molecule has 0 radical (unpaired) electrons. The van der Waals surface area contributed by atoms with Crippen LogP contribution in [0.1, 0.15) is 5.56 Å². The zero-order valence-corrected chi connectivity index (χ0v) is 8.70. The van der Waals surface area contributed by atoms with E-state index in [0.717, 1.165) is 11.1 Å². The van der Waals surface area contributed by atoms with Crippen LogP contribution < -0.4 is 6.15 Å². The SMILES string of the molecule is Cc1cccc(-c2ccc(F)cc2)c1.N. The number of hydrogen-bond donors (Lipinski definition) is 1. The van der Waals surface area contributed by atoms with Crippen molar-refractivity contribution in [1.82, 2.24) is 6.15 Å². The van der Waals surface area contributed by atoms with Gasteiger partial charge >= 0.3 is 0 Å². The highest BCUT2D eigenvalue weighted by Crippen LogP contribution is 2.20. The normalized spacial score (nSPS) is 9.47. The van der Waals surface area contributed by atoms with Crippen molar-refractivity contribution in [1.29, 1.82) is 0 Å². The Morgan fingerprint density at radius 1 is 0.867 bits per heavy atom. The molecule has 0 aliphatic carbocycles. The van der Waals surface area contributed by atoms with Crippen LogP contribution in [0.15, 0.2) is 48.5 Å². The van der Waals surface area contributed by atoms with Crippen LogP contribution in [0.2, 0.25) is 0 Å². The second-order valence-electron chi connectivity index (χ2n) is 3.38. The van der Waals surface area contributed by atoms with Gasteiger partial charge in [0.25, 0.3) is 0 Å². The number of aryl methyl sites for hydroxylation is 1. The summed E-state index contributed by atoms with van der Waals surface area (Å²) in [5.74, 6) is -0.193. The molecule has 0 unspecified atom stereocenters. The second kappa shape index (κ2) is 4.71. The van der Waals surface area contributed by atoms with E-state index in [1.807, 2.05) is 25.1 Å². The van der Waals surface area contributed by atoms with Gasteiger partial charge in [-0.1, -0.05) is 42.0 Å². The summed E-state index contributed by atoms with van der Waals surface area (Å²) in [7, 11) is 0. The molecular weight excluding hydrogens is 189 g/mol. The Morgan fingerprint density at radius 3 is 2.13 bits per heavy atom. The fourth-order valence-electron chi connectivity index (χ4n) is 1.47. The van der Waals surface area contributed by atoms with Gasteiger partial charge in [0.05, 0.1) is 0 Å². The topological polar surface area (TPSA) is 35.0 Å². The third-order valence-electron chi connectivity index (χ3n) is 2.20. The molecule has 1 nitrogen and oxygen atoms in total. The van der Waals surface area contributed by atoms with Crippen molar-refractivity contribution in [2.45, 2.75) is 6.92 Å². The molecule has 2 aromatic carbocycles. The Kier molecular flexibility index (Phi) is 3.58.